The van der Waals surface area contributed by atoms with Gasteiger partial charge < -0.3 is 20.9 Å². The minimum Gasteiger partial charge on any atom is -0.356 e. The molecular weight excluding hydrogens is 294 g/mol. The number of aliphatic imine (C=N–C) groups is 1. The summed E-state index contributed by atoms with van der Waals surface area (Å²) in [4.78, 5) is 29.8. The number of guanidine groups is 1. The molecule has 1 saturated heterocycles. The van der Waals surface area contributed by atoms with Crippen molar-refractivity contribution in [1.82, 2.24) is 20.9 Å². The van der Waals surface area contributed by atoms with Crippen molar-refractivity contribution in [2.45, 2.75) is 46.6 Å². The first kappa shape index (κ1) is 19.3. The number of carbonyl (C=O) groups is 2. The lowest BCUT2D eigenvalue weighted by Gasteiger charge is -2.26. The van der Waals surface area contributed by atoms with Crippen LogP contribution in [0.15, 0.2) is 4.99 Å². The van der Waals surface area contributed by atoms with Crippen LogP contribution in [-0.2, 0) is 9.59 Å². The Labute approximate surface area is 139 Å². The van der Waals surface area contributed by atoms with Crippen molar-refractivity contribution in [1.29, 1.82) is 0 Å². The van der Waals surface area contributed by atoms with E-state index in [1.165, 1.54) is 0 Å². The molecule has 0 spiro atoms. The number of nitrogens with one attached hydrogen (secondary N) is 3. The highest BCUT2D eigenvalue weighted by Crippen LogP contribution is 2.14. The lowest BCUT2D eigenvalue weighted by Crippen LogP contribution is -2.50. The van der Waals surface area contributed by atoms with Gasteiger partial charge in [0.15, 0.2) is 5.96 Å². The molecule has 132 valence electrons. The predicted molar refractivity (Wildman–Crippen MR) is 92.2 cm³/mol. The minimum atomic E-state index is -0.520. The second-order valence-corrected chi connectivity index (χ2v) is 6.49. The van der Waals surface area contributed by atoms with E-state index in [2.05, 4.69) is 20.9 Å². The maximum Gasteiger partial charge on any atom is 0.227 e. The summed E-state index contributed by atoms with van der Waals surface area (Å²) in [5, 5.41) is 9.38. The normalized spacial score (nSPS) is 18.7. The first-order valence-corrected chi connectivity index (χ1v) is 8.37. The molecule has 0 bridgehead atoms. The van der Waals surface area contributed by atoms with E-state index < -0.39 is 5.41 Å². The molecule has 0 aliphatic carbocycles. The number of likely N-dealkylation sites (tertiary alicyclic amines) is 1. The molecule has 7 nitrogen and oxygen atoms in total. The summed E-state index contributed by atoms with van der Waals surface area (Å²) in [6.07, 6.45) is 1.45. The quantitative estimate of drug-likeness (QED) is 0.485. The van der Waals surface area contributed by atoms with Crippen LogP contribution in [-0.4, -0.2) is 61.9 Å². The second kappa shape index (κ2) is 8.74. The topological polar surface area (TPSA) is 85.8 Å². The SMILES string of the molecule is CCNC(=O)C(C)(C)CNC(=NC)NC1CCN(C(=O)CC)C1. The van der Waals surface area contributed by atoms with Crippen LogP contribution in [0.2, 0.25) is 0 Å². The van der Waals surface area contributed by atoms with Crippen molar-refractivity contribution >= 4 is 17.8 Å². The number of carbonyl (C=O) groups excluding carboxylic acids is 2. The zero-order valence-corrected chi connectivity index (χ0v) is 15.0. The fourth-order valence-electron chi connectivity index (χ4n) is 2.50. The van der Waals surface area contributed by atoms with E-state index in [9.17, 15) is 9.59 Å². The first-order chi connectivity index (χ1) is 10.8. The third kappa shape index (κ3) is 5.73. The molecule has 7 heteroatoms. The fraction of sp³-hybridized carbons (Fsp3) is 0.812. The first-order valence-electron chi connectivity index (χ1n) is 8.37. The van der Waals surface area contributed by atoms with Gasteiger partial charge in [0.2, 0.25) is 11.8 Å². The Morgan fingerprint density at radius 2 is 1.96 bits per heavy atom. The number of nitrogens with zero attached hydrogens (tertiary/aromatic N) is 2. The van der Waals surface area contributed by atoms with E-state index in [1.807, 2.05) is 32.6 Å². The molecule has 0 aromatic rings. The van der Waals surface area contributed by atoms with E-state index in [-0.39, 0.29) is 17.9 Å². The highest BCUT2D eigenvalue weighted by molar-refractivity contribution is 5.84. The van der Waals surface area contributed by atoms with Gasteiger partial charge in [-0.25, -0.2) is 0 Å². The van der Waals surface area contributed by atoms with Crippen molar-refractivity contribution in [2.75, 3.05) is 33.2 Å². The Kier molecular flexibility index (Phi) is 7.32. The van der Waals surface area contributed by atoms with Crippen LogP contribution in [0.5, 0.6) is 0 Å². The van der Waals surface area contributed by atoms with Gasteiger partial charge in [-0.3, -0.25) is 14.6 Å². The van der Waals surface area contributed by atoms with E-state index in [0.29, 0.717) is 32.0 Å². The molecule has 1 aliphatic heterocycles. The van der Waals surface area contributed by atoms with E-state index in [0.717, 1.165) is 13.0 Å². The zero-order valence-electron chi connectivity index (χ0n) is 15.0. The molecule has 0 saturated carbocycles. The van der Waals surface area contributed by atoms with Crippen molar-refractivity contribution < 1.29 is 9.59 Å². The average molecular weight is 325 g/mol. The lowest BCUT2D eigenvalue weighted by molar-refractivity contribution is -0.130. The summed E-state index contributed by atoms with van der Waals surface area (Å²) in [6.45, 7) is 10.2. The molecule has 1 rings (SSSR count). The van der Waals surface area contributed by atoms with Crippen LogP contribution in [0, 0.1) is 5.41 Å². The smallest absolute Gasteiger partial charge is 0.227 e. The maximum atomic E-state index is 12.0. The Hall–Kier alpha value is -1.79. The Bertz CT molecular complexity index is 448. The van der Waals surface area contributed by atoms with Gasteiger partial charge in [-0.2, -0.15) is 0 Å². The average Bonchev–Trinajstić information content (AvgIpc) is 2.99. The summed E-state index contributed by atoms with van der Waals surface area (Å²) in [6, 6.07) is 0.198. The van der Waals surface area contributed by atoms with Crippen molar-refractivity contribution in [3.05, 3.63) is 0 Å². The summed E-state index contributed by atoms with van der Waals surface area (Å²) in [5.41, 5.74) is -0.520. The molecule has 1 fully saturated rings. The summed E-state index contributed by atoms with van der Waals surface area (Å²) in [5.74, 6) is 0.872. The summed E-state index contributed by atoms with van der Waals surface area (Å²) < 4.78 is 0. The lowest BCUT2D eigenvalue weighted by atomic mass is 9.92. The molecule has 1 aliphatic rings. The number of hydrogen-bond acceptors (Lipinski definition) is 3. The number of rotatable bonds is 6. The van der Waals surface area contributed by atoms with Crippen molar-refractivity contribution in [3.63, 3.8) is 0 Å². The summed E-state index contributed by atoms with van der Waals surface area (Å²) in [7, 11) is 1.71. The molecule has 0 aromatic carbocycles. The monoisotopic (exact) mass is 325 g/mol. The van der Waals surface area contributed by atoms with Crippen LogP contribution in [0.1, 0.15) is 40.5 Å². The standard InChI is InChI=1S/C16H31N5O2/c1-6-13(22)21-9-8-12(10-21)20-15(17-5)19-11-16(3,4)14(23)18-7-2/h12H,6-11H2,1-5H3,(H,18,23)(H2,17,19,20). The Morgan fingerprint density at radius 1 is 1.26 bits per heavy atom. The Balaban J connectivity index is 2.47. The molecule has 3 N–H and O–H groups in total. The molecule has 0 aromatic heterocycles. The van der Waals surface area contributed by atoms with Crippen LogP contribution in [0.3, 0.4) is 0 Å². The van der Waals surface area contributed by atoms with Crippen molar-refractivity contribution in [2.24, 2.45) is 10.4 Å². The van der Waals surface area contributed by atoms with Gasteiger partial charge in [0.1, 0.15) is 0 Å². The van der Waals surface area contributed by atoms with Gasteiger partial charge in [-0.05, 0) is 27.2 Å². The largest absolute Gasteiger partial charge is 0.356 e. The Morgan fingerprint density at radius 3 is 2.52 bits per heavy atom. The minimum absolute atomic E-state index is 0.0172. The number of hydrogen-bond donors (Lipinski definition) is 3. The third-order valence-electron chi connectivity index (χ3n) is 4.06. The molecule has 1 heterocycles. The van der Waals surface area contributed by atoms with E-state index in [4.69, 9.17) is 0 Å². The van der Waals surface area contributed by atoms with Crippen molar-refractivity contribution in [3.8, 4) is 0 Å². The predicted octanol–water partition coefficient (Wildman–Crippen LogP) is 0.325. The van der Waals surface area contributed by atoms with E-state index >= 15 is 0 Å². The van der Waals surface area contributed by atoms with Gasteiger partial charge in [-0.15, -0.1) is 0 Å². The molecule has 23 heavy (non-hydrogen) atoms. The van der Waals surface area contributed by atoms with Gasteiger partial charge in [0, 0.05) is 45.7 Å². The van der Waals surface area contributed by atoms with E-state index in [1.54, 1.807) is 7.05 Å². The molecular formula is C16H31N5O2. The molecule has 2 amide bonds. The maximum absolute atomic E-state index is 12.0. The van der Waals surface area contributed by atoms with Gasteiger partial charge in [0.25, 0.3) is 0 Å². The molecule has 0 radical (unpaired) electrons. The third-order valence-corrected chi connectivity index (χ3v) is 4.06. The van der Waals surface area contributed by atoms with Crippen LogP contribution >= 0.6 is 0 Å². The highest BCUT2D eigenvalue weighted by Gasteiger charge is 2.29. The van der Waals surface area contributed by atoms with Gasteiger partial charge in [0.05, 0.1) is 5.41 Å². The van der Waals surface area contributed by atoms with Gasteiger partial charge in [-0.1, -0.05) is 6.92 Å². The van der Waals surface area contributed by atoms with Crippen LogP contribution < -0.4 is 16.0 Å². The number of amides is 2. The molecule has 1 atom stereocenters. The summed E-state index contributed by atoms with van der Waals surface area (Å²) >= 11 is 0. The second-order valence-electron chi connectivity index (χ2n) is 6.49. The van der Waals surface area contributed by atoms with Crippen LogP contribution in [0.4, 0.5) is 0 Å². The molecule has 1 unspecified atom stereocenters. The zero-order chi connectivity index (χ0) is 17.5. The fourth-order valence-corrected chi connectivity index (χ4v) is 2.50. The highest BCUT2D eigenvalue weighted by atomic mass is 16.2. The van der Waals surface area contributed by atoms with Gasteiger partial charge >= 0.3 is 0 Å². The van der Waals surface area contributed by atoms with Crippen LogP contribution in [0.25, 0.3) is 0 Å².